The van der Waals surface area contributed by atoms with Gasteiger partial charge in [0.2, 0.25) is 5.91 Å². The molecule has 26 heavy (non-hydrogen) atoms. The molecule has 10 heteroatoms. The van der Waals surface area contributed by atoms with Crippen LogP contribution in [0, 0.1) is 17.0 Å². The fourth-order valence-electron chi connectivity index (χ4n) is 2.13. The Morgan fingerprint density at radius 1 is 1.54 bits per heavy atom. The molecule has 2 aromatic rings. The zero-order chi connectivity index (χ0) is 19.3. The predicted molar refractivity (Wildman–Crippen MR) is 98.6 cm³/mol. The number of ether oxygens (including phenoxy) is 1. The Morgan fingerprint density at radius 2 is 2.27 bits per heavy atom. The fraction of sp³-hybridized carbons (Fsp3) is 0.312. The summed E-state index contributed by atoms with van der Waals surface area (Å²) in [4.78, 5) is 22.8. The quantitative estimate of drug-likeness (QED) is 0.326. The van der Waals surface area contributed by atoms with E-state index in [-0.39, 0.29) is 17.3 Å². The highest BCUT2D eigenvalue weighted by molar-refractivity contribution is 8.00. The highest BCUT2D eigenvalue weighted by atomic mass is 32.2. The molecule has 0 aliphatic rings. The number of anilines is 1. The van der Waals surface area contributed by atoms with E-state index in [9.17, 15) is 14.9 Å². The van der Waals surface area contributed by atoms with Crippen LogP contribution in [0.15, 0.2) is 36.0 Å². The molecule has 0 fully saturated rings. The van der Waals surface area contributed by atoms with Gasteiger partial charge < -0.3 is 14.6 Å². The summed E-state index contributed by atoms with van der Waals surface area (Å²) in [6.45, 7) is 7.81. The van der Waals surface area contributed by atoms with E-state index in [0.29, 0.717) is 17.4 Å². The summed E-state index contributed by atoms with van der Waals surface area (Å²) in [7, 11) is 1.38. The molecular weight excluding hydrogens is 358 g/mol. The van der Waals surface area contributed by atoms with Crippen molar-refractivity contribution in [3.05, 3.63) is 46.8 Å². The second-order valence-corrected chi connectivity index (χ2v) is 6.63. The zero-order valence-corrected chi connectivity index (χ0v) is 15.4. The van der Waals surface area contributed by atoms with Crippen LogP contribution in [0.3, 0.4) is 0 Å². The third-order valence-electron chi connectivity index (χ3n) is 3.52. The van der Waals surface area contributed by atoms with Crippen molar-refractivity contribution in [1.82, 2.24) is 14.8 Å². The molecule has 1 amide bonds. The van der Waals surface area contributed by atoms with E-state index in [1.165, 1.54) is 37.1 Å². The number of nitrogens with zero attached hydrogens (tertiary/aromatic N) is 4. The first-order chi connectivity index (χ1) is 12.4. The van der Waals surface area contributed by atoms with Crippen molar-refractivity contribution < 1.29 is 14.5 Å². The van der Waals surface area contributed by atoms with E-state index in [0.717, 1.165) is 5.82 Å². The largest absolute Gasteiger partial charge is 0.494 e. The minimum atomic E-state index is -0.526. The lowest BCUT2D eigenvalue weighted by molar-refractivity contribution is -0.384. The topological polar surface area (TPSA) is 112 Å². The van der Waals surface area contributed by atoms with Crippen molar-refractivity contribution in [1.29, 1.82) is 0 Å². The van der Waals surface area contributed by atoms with Gasteiger partial charge in [-0.25, -0.2) is 0 Å². The minimum absolute atomic E-state index is 0.115. The fourth-order valence-corrected chi connectivity index (χ4v) is 3.03. The lowest BCUT2D eigenvalue weighted by Gasteiger charge is -2.14. The number of allylic oxidation sites excluding steroid dienone is 1. The van der Waals surface area contributed by atoms with E-state index >= 15 is 0 Å². The number of benzene rings is 1. The van der Waals surface area contributed by atoms with Gasteiger partial charge in [-0.3, -0.25) is 14.9 Å². The number of hydrogen-bond donors (Lipinski definition) is 1. The number of nitro groups is 1. The van der Waals surface area contributed by atoms with Gasteiger partial charge in [0.05, 0.1) is 29.0 Å². The summed E-state index contributed by atoms with van der Waals surface area (Å²) >= 11 is 1.26. The van der Waals surface area contributed by atoms with E-state index in [1.54, 1.807) is 13.0 Å². The van der Waals surface area contributed by atoms with Crippen LogP contribution >= 0.6 is 11.8 Å². The monoisotopic (exact) mass is 377 g/mol. The molecule has 1 atom stereocenters. The lowest BCUT2D eigenvalue weighted by atomic mass is 10.2. The second kappa shape index (κ2) is 8.48. The molecule has 0 saturated carbocycles. The number of carbonyl (C=O) groups is 1. The zero-order valence-electron chi connectivity index (χ0n) is 14.6. The van der Waals surface area contributed by atoms with E-state index in [1.807, 2.05) is 11.5 Å². The molecule has 0 unspecified atom stereocenters. The first-order valence-corrected chi connectivity index (χ1v) is 8.56. The molecular formula is C16H19N5O4S. The summed E-state index contributed by atoms with van der Waals surface area (Å²) in [5.74, 6) is 0.667. The maximum Gasteiger partial charge on any atom is 0.273 e. The number of aryl methyl sites for hydroxylation is 1. The Hall–Kier alpha value is -2.88. The molecule has 1 aromatic carbocycles. The van der Waals surface area contributed by atoms with Crippen LogP contribution in [0.25, 0.3) is 0 Å². The van der Waals surface area contributed by atoms with Gasteiger partial charge in [0.25, 0.3) is 5.69 Å². The second-order valence-electron chi connectivity index (χ2n) is 5.32. The van der Waals surface area contributed by atoms with Crippen molar-refractivity contribution in [2.24, 2.45) is 0 Å². The summed E-state index contributed by atoms with van der Waals surface area (Å²) in [6, 6.07) is 4.01. The Balaban J connectivity index is 2.12. The van der Waals surface area contributed by atoms with Crippen molar-refractivity contribution in [3.63, 3.8) is 0 Å². The van der Waals surface area contributed by atoms with Gasteiger partial charge in [0.15, 0.2) is 5.16 Å². The van der Waals surface area contributed by atoms with Crippen LogP contribution in [0.5, 0.6) is 5.75 Å². The number of amides is 1. The van der Waals surface area contributed by atoms with Gasteiger partial charge in [0, 0.05) is 12.6 Å². The third kappa shape index (κ3) is 4.39. The highest BCUT2D eigenvalue weighted by Crippen LogP contribution is 2.30. The number of carbonyl (C=O) groups excluding carboxylic acids is 1. The van der Waals surface area contributed by atoms with Crippen LogP contribution in [0.2, 0.25) is 0 Å². The van der Waals surface area contributed by atoms with Crippen LogP contribution in [0.4, 0.5) is 11.4 Å². The molecule has 1 aromatic heterocycles. The molecule has 0 saturated heterocycles. The third-order valence-corrected chi connectivity index (χ3v) is 4.60. The maximum atomic E-state index is 12.5. The molecule has 0 spiro atoms. The summed E-state index contributed by atoms with van der Waals surface area (Å²) in [6.07, 6.45) is 1.73. The normalized spacial score (nSPS) is 11.7. The number of aromatic nitrogens is 3. The standard InChI is InChI=1S/C16H19N5O4S/c1-5-8-20-11(3)18-19-16(20)26-10(2)15(22)17-13-7-6-12(21(23)24)9-14(13)25-4/h5-7,9-10H,1,8H2,2-4H3,(H,17,22)/t10-/m0/s1. The number of hydrogen-bond acceptors (Lipinski definition) is 7. The smallest absolute Gasteiger partial charge is 0.273 e. The SMILES string of the molecule is C=CCn1c(C)nnc1S[C@@H](C)C(=O)Nc1ccc([N+](=O)[O-])cc1OC. The van der Waals surface area contributed by atoms with Gasteiger partial charge in [-0.2, -0.15) is 0 Å². The molecule has 0 bridgehead atoms. The average molecular weight is 377 g/mol. The molecule has 2 rings (SSSR count). The summed E-state index contributed by atoms with van der Waals surface area (Å²) in [5, 5.41) is 21.8. The van der Waals surface area contributed by atoms with Crippen LogP contribution < -0.4 is 10.1 Å². The maximum absolute atomic E-state index is 12.5. The number of rotatable bonds is 8. The predicted octanol–water partition coefficient (Wildman–Crippen LogP) is 2.81. The van der Waals surface area contributed by atoms with Crippen molar-refractivity contribution in [3.8, 4) is 5.75 Å². The van der Waals surface area contributed by atoms with Crippen LogP contribution in [-0.4, -0.2) is 38.0 Å². The molecule has 0 aliphatic heterocycles. The Bertz CT molecular complexity index is 836. The Morgan fingerprint density at radius 3 is 2.88 bits per heavy atom. The molecule has 0 aliphatic carbocycles. The number of nitro benzene ring substituents is 1. The number of nitrogens with one attached hydrogen (secondary N) is 1. The minimum Gasteiger partial charge on any atom is -0.494 e. The Kier molecular flexibility index (Phi) is 6.34. The lowest BCUT2D eigenvalue weighted by Crippen LogP contribution is -2.23. The molecule has 0 radical (unpaired) electrons. The van der Waals surface area contributed by atoms with E-state index in [2.05, 4.69) is 22.1 Å². The first-order valence-electron chi connectivity index (χ1n) is 7.68. The van der Waals surface area contributed by atoms with Crippen LogP contribution in [0.1, 0.15) is 12.7 Å². The number of non-ortho nitro benzene ring substituents is 1. The molecule has 1 N–H and O–H groups in total. The average Bonchev–Trinajstić information content (AvgIpc) is 2.95. The summed E-state index contributed by atoms with van der Waals surface area (Å²) < 4.78 is 6.98. The molecule has 138 valence electrons. The number of thioether (sulfide) groups is 1. The molecule has 9 nitrogen and oxygen atoms in total. The Labute approximate surface area is 154 Å². The van der Waals surface area contributed by atoms with Crippen molar-refractivity contribution in [2.45, 2.75) is 30.8 Å². The van der Waals surface area contributed by atoms with Gasteiger partial charge >= 0.3 is 0 Å². The van der Waals surface area contributed by atoms with Crippen molar-refractivity contribution in [2.75, 3.05) is 12.4 Å². The highest BCUT2D eigenvalue weighted by Gasteiger charge is 2.21. The van der Waals surface area contributed by atoms with Gasteiger partial charge in [-0.05, 0) is 19.9 Å². The summed E-state index contributed by atoms with van der Waals surface area (Å²) in [5.41, 5.74) is 0.245. The first kappa shape index (κ1) is 19.4. The van der Waals surface area contributed by atoms with Gasteiger partial charge in [-0.15, -0.1) is 16.8 Å². The van der Waals surface area contributed by atoms with E-state index < -0.39 is 10.2 Å². The number of methoxy groups -OCH3 is 1. The van der Waals surface area contributed by atoms with Gasteiger partial charge in [-0.1, -0.05) is 17.8 Å². The van der Waals surface area contributed by atoms with Gasteiger partial charge in [0.1, 0.15) is 11.6 Å². The van der Waals surface area contributed by atoms with E-state index in [4.69, 9.17) is 4.74 Å². The van der Waals surface area contributed by atoms with Crippen LogP contribution in [-0.2, 0) is 11.3 Å². The molecule has 1 heterocycles. The van der Waals surface area contributed by atoms with Crippen molar-refractivity contribution >= 4 is 29.0 Å².